The summed E-state index contributed by atoms with van der Waals surface area (Å²) >= 11 is 0. The van der Waals surface area contributed by atoms with Gasteiger partial charge >= 0.3 is 6.09 Å². The Kier molecular flexibility index (Phi) is 5.58. The van der Waals surface area contributed by atoms with Crippen LogP contribution < -0.4 is 10.6 Å². The maximum atomic E-state index is 12.1. The van der Waals surface area contributed by atoms with E-state index in [4.69, 9.17) is 10.5 Å². The van der Waals surface area contributed by atoms with E-state index in [0.717, 1.165) is 17.8 Å². The van der Waals surface area contributed by atoms with Gasteiger partial charge in [-0.25, -0.2) is 14.8 Å². The SMILES string of the molecule is CC[C@H](C)OC(=O)N1CCN(c2cnc3[nH]cc(C=CC(N)=O)c3n2)CC1. The molecule has 3 rings (SSSR count). The number of nitrogens with two attached hydrogens (primary N) is 1. The van der Waals surface area contributed by atoms with Gasteiger partial charge in [0.2, 0.25) is 5.91 Å². The van der Waals surface area contributed by atoms with E-state index in [-0.39, 0.29) is 12.2 Å². The summed E-state index contributed by atoms with van der Waals surface area (Å²) in [4.78, 5) is 39.0. The number of fused-ring (bicyclic) bond motifs is 1. The maximum Gasteiger partial charge on any atom is 0.410 e. The zero-order chi connectivity index (χ0) is 19.4. The van der Waals surface area contributed by atoms with Gasteiger partial charge < -0.3 is 25.3 Å². The van der Waals surface area contributed by atoms with Crippen LogP contribution >= 0.6 is 0 Å². The summed E-state index contributed by atoms with van der Waals surface area (Å²) in [7, 11) is 0. The fourth-order valence-corrected chi connectivity index (χ4v) is 2.80. The molecular weight excluding hydrogens is 348 g/mol. The van der Waals surface area contributed by atoms with Crippen molar-refractivity contribution in [3.8, 4) is 0 Å². The number of carbonyl (C=O) groups is 2. The first-order chi connectivity index (χ1) is 13.0. The van der Waals surface area contributed by atoms with Gasteiger partial charge in [0.25, 0.3) is 0 Å². The number of nitrogens with zero attached hydrogens (tertiary/aromatic N) is 4. The van der Waals surface area contributed by atoms with Crippen LogP contribution in [0, 0.1) is 0 Å². The van der Waals surface area contributed by atoms with Gasteiger partial charge in [-0.05, 0) is 19.4 Å². The van der Waals surface area contributed by atoms with Crippen LogP contribution in [0.5, 0.6) is 0 Å². The summed E-state index contributed by atoms with van der Waals surface area (Å²) in [6.07, 6.45) is 6.79. The average Bonchev–Trinajstić information content (AvgIpc) is 3.08. The van der Waals surface area contributed by atoms with Crippen LogP contribution in [0.4, 0.5) is 10.6 Å². The van der Waals surface area contributed by atoms with Gasteiger partial charge in [0.15, 0.2) is 5.65 Å². The van der Waals surface area contributed by atoms with Crippen LogP contribution in [-0.4, -0.2) is 64.1 Å². The van der Waals surface area contributed by atoms with Crippen LogP contribution in [0.2, 0.25) is 0 Å². The fourth-order valence-electron chi connectivity index (χ4n) is 2.80. The first kappa shape index (κ1) is 18.7. The molecule has 1 atom stereocenters. The summed E-state index contributed by atoms with van der Waals surface area (Å²) in [5.41, 5.74) is 7.21. The number of rotatable bonds is 5. The molecule has 3 heterocycles. The second-order valence-electron chi connectivity index (χ2n) is 6.48. The van der Waals surface area contributed by atoms with Crippen molar-refractivity contribution in [3.63, 3.8) is 0 Å². The molecule has 1 aliphatic heterocycles. The molecular formula is C18H24N6O3. The van der Waals surface area contributed by atoms with E-state index < -0.39 is 5.91 Å². The quantitative estimate of drug-likeness (QED) is 0.768. The Bertz CT molecular complexity index is 854. The van der Waals surface area contributed by atoms with Crippen LogP contribution in [0.1, 0.15) is 25.8 Å². The normalized spacial score (nSPS) is 16.1. The summed E-state index contributed by atoms with van der Waals surface area (Å²) < 4.78 is 5.38. The third kappa shape index (κ3) is 4.36. The van der Waals surface area contributed by atoms with Crippen LogP contribution in [0.25, 0.3) is 17.2 Å². The molecule has 9 heteroatoms. The number of amides is 2. The summed E-state index contributed by atoms with van der Waals surface area (Å²) in [5, 5.41) is 0. The molecule has 2 amide bonds. The lowest BCUT2D eigenvalue weighted by Crippen LogP contribution is -2.49. The standard InChI is InChI=1S/C18H24N6O3/c1-3-12(2)27-18(26)24-8-6-23(7-9-24)15-11-21-17-16(22-15)13(10-20-17)4-5-14(19)25/h4-5,10-12H,3,6-9H2,1-2H3,(H2,19,25)(H,20,21)/t12-/m0/s1. The minimum absolute atomic E-state index is 0.0794. The van der Waals surface area contributed by atoms with Crippen molar-refractivity contribution in [2.24, 2.45) is 5.73 Å². The molecule has 0 spiro atoms. The second-order valence-corrected chi connectivity index (χ2v) is 6.48. The lowest BCUT2D eigenvalue weighted by Gasteiger charge is -2.35. The third-order valence-corrected chi connectivity index (χ3v) is 4.56. The number of hydrogen-bond donors (Lipinski definition) is 2. The van der Waals surface area contributed by atoms with Gasteiger partial charge in [-0.1, -0.05) is 6.92 Å². The lowest BCUT2D eigenvalue weighted by molar-refractivity contribution is -0.113. The largest absolute Gasteiger partial charge is 0.446 e. The minimum atomic E-state index is -0.520. The van der Waals surface area contributed by atoms with Crippen molar-refractivity contribution < 1.29 is 14.3 Å². The summed E-state index contributed by atoms with van der Waals surface area (Å²) in [6, 6.07) is 0. The lowest BCUT2D eigenvalue weighted by atomic mass is 10.2. The van der Waals surface area contributed by atoms with Crippen molar-refractivity contribution in [1.82, 2.24) is 19.9 Å². The average molecular weight is 372 g/mol. The van der Waals surface area contributed by atoms with E-state index in [1.807, 2.05) is 13.8 Å². The number of nitrogens with one attached hydrogen (secondary N) is 1. The van der Waals surface area contributed by atoms with E-state index >= 15 is 0 Å². The Morgan fingerprint density at radius 2 is 2.11 bits per heavy atom. The molecule has 0 aliphatic carbocycles. The Hall–Kier alpha value is -3.10. The predicted molar refractivity (Wildman–Crippen MR) is 102 cm³/mol. The molecule has 9 nitrogen and oxygen atoms in total. The fraction of sp³-hybridized carbons (Fsp3) is 0.444. The highest BCUT2D eigenvalue weighted by Crippen LogP contribution is 2.21. The molecule has 0 aromatic carbocycles. The zero-order valence-electron chi connectivity index (χ0n) is 15.5. The van der Waals surface area contributed by atoms with Gasteiger partial charge in [-0.15, -0.1) is 0 Å². The predicted octanol–water partition coefficient (Wildman–Crippen LogP) is 1.51. The van der Waals surface area contributed by atoms with E-state index in [1.54, 1.807) is 23.4 Å². The van der Waals surface area contributed by atoms with Gasteiger partial charge in [-0.2, -0.15) is 0 Å². The molecule has 2 aromatic rings. The smallest absolute Gasteiger partial charge is 0.410 e. The van der Waals surface area contributed by atoms with Crippen LogP contribution in [-0.2, 0) is 9.53 Å². The number of ether oxygens (including phenoxy) is 1. The molecule has 0 unspecified atom stereocenters. The van der Waals surface area contributed by atoms with E-state index in [2.05, 4.69) is 19.9 Å². The number of aromatic nitrogens is 3. The Morgan fingerprint density at radius 1 is 1.37 bits per heavy atom. The number of hydrogen-bond acceptors (Lipinski definition) is 6. The molecule has 2 aromatic heterocycles. The van der Waals surface area contributed by atoms with Gasteiger partial charge in [0, 0.05) is 44.0 Å². The molecule has 144 valence electrons. The molecule has 0 bridgehead atoms. The number of anilines is 1. The van der Waals surface area contributed by atoms with Crippen molar-refractivity contribution in [2.75, 3.05) is 31.1 Å². The number of aromatic amines is 1. The topological polar surface area (TPSA) is 117 Å². The molecule has 27 heavy (non-hydrogen) atoms. The molecule has 3 N–H and O–H groups in total. The minimum Gasteiger partial charge on any atom is -0.446 e. The molecule has 1 fully saturated rings. The molecule has 0 saturated carbocycles. The monoisotopic (exact) mass is 372 g/mol. The highest BCUT2D eigenvalue weighted by molar-refractivity contribution is 5.93. The van der Waals surface area contributed by atoms with E-state index in [9.17, 15) is 9.59 Å². The molecule has 1 aliphatic rings. The first-order valence-electron chi connectivity index (χ1n) is 9.00. The Labute approximate surface area is 157 Å². The van der Waals surface area contributed by atoms with E-state index in [1.165, 1.54) is 6.08 Å². The van der Waals surface area contributed by atoms with Gasteiger partial charge in [-0.3, -0.25) is 4.79 Å². The van der Waals surface area contributed by atoms with Crippen molar-refractivity contribution >= 4 is 35.1 Å². The molecule has 0 radical (unpaired) electrons. The van der Waals surface area contributed by atoms with Crippen molar-refractivity contribution in [2.45, 2.75) is 26.4 Å². The maximum absolute atomic E-state index is 12.1. The third-order valence-electron chi connectivity index (χ3n) is 4.56. The zero-order valence-corrected chi connectivity index (χ0v) is 15.5. The van der Waals surface area contributed by atoms with Crippen molar-refractivity contribution in [1.29, 1.82) is 0 Å². The molecule has 1 saturated heterocycles. The van der Waals surface area contributed by atoms with Crippen LogP contribution in [0.3, 0.4) is 0 Å². The number of carbonyl (C=O) groups excluding carboxylic acids is 2. The summed E-state index contributed by atoms with van der Waals surface area (Å²) in [6.45, 7) is 6.30. The highest BCUT2D eigenvalue weighted by atomic mass is 16.6. The number of primary amides is 1. The Morgan fingerprint density at radius 3 is 2.78 bits per heavy atom. The van der Waals surface area contributed by atoms with Gasteiger partial charge in [0.1, 0.15) is 17.4 Å². The van der Waals surface area contributed by atoms with Crippen LogP contribution in [0.15, 0.2) is 18.5 Å². The first-order valence-corrected chi connectivity index (χ1v) is 9.00. The Balaban J connectivity index is 1.69. The van der Waals surface area contributed by atoms with Gasteiger partial charge in [0.05, 0.1) is 6.20 Å². The number of piperazine rings is 1. The van der Waals surface area contributed by atoms with Crippen molar-refractivity contribution in [3.05, 3.63) is 24.0 Å². The second kappa shape index (κ2) is 8.07. The number of H-pyrrole nitrogens is 1. The summed E-state index contributed by atoms with van der Waals surface area (Å²) in [5.74, 6) is 0.208. The highest BCUT2D eigenvalue weighted by Gasteiger charge is 2.24. The van der Waals surface area contributed by atoms with E-state index in [0.29, 0.717) is 37.3 Å².